The van der Waals surface area contributed by atoms with E-state index in [1.54, 1.807) is 6.08 Å². The number of carboxylic acids is 3. The molecule has 158 valence electrons. The molecule has 0 aromatic heterocycles. The number of rotatable bonds is 7. The molecule has 0 atom stereocenters. The Bertz CT molecular complexity index is 365. The molecule has 0 aromatic rings. The summed E-state index contributed by atoms with van der Waals surface area (Å²) in [7, 11) is 0. The third kappa shape index (κ3) is 45.1. The zero-order valence-electron chi connectivity index (χ0n) is 15.3. The second-order valence-electron chi connectivity index (χ2n) is 4.17. The van der Waals surface area contributed by atoms with Crippen LogP contribution in [0.15, 0.2) is 50.6 Å². The van der Waals surface area contributed by atoms with Gasteiger partial charge in [0.25, 0.3) is 0 Å². The molecule has 27 heavy (non-hydrogen) atoms. The standard InChI is InChI=1S/C5H12O4.3C3H4O2.C3H6/c6-1-5(2-7,3-8)4-9;3*1-2-3(4)5;1-3-2/h6-9H,1-4H2;3*2H,1H2,(H,4,5);3H,1H2,2H3. The van der Waals surface area contributed by atoms with Gasteiger partial charge in [-0.3, -0.25) is 0 Å². The molecular formula is C17H30O10. The summed E-state index contributed by atoms with van der Waals surface area (Å²) in [5, 5.41) is 56.8. The first-order chi connectivity index (χ1) is 12.5. The van der Waals surface area contributed by atoms with Crippen LogP contribution in [0.25, 0.3) is 0 Å². The highest BCUT2D eigenvalue weighted by Gasteiger charge is 2.26. The largest absolute Gasteiger partial charge is 0.478 e. The molecule has 0 aliphatic rings. The van der Waals surface area contributed by atoms with E-state index in [0.29, 0.717) is 0 Å². The smallest absolute Gasteiger partial charge is 0.327 e. The van der Waals surface area contributed by atoms with Crippen molar-refractivity contribution in [3.8, 4) is 0 Å². The molecule has 10 nitrogen and oxygen atoms in total. The summed E-state index contributed by atoms with van der Waals surface area (Å²) < 4.78 is 0. The Morgan fingerprint density at radius 1 is 0.667 bits per heavy atom. The summed E-state index contributed by atoms with van der Waals surface area (Å²) in [6.45, 7) is 12.5. The molecule has 0 saturated carbocycles. The maximum atomic E-state index is 9.25. The number of hydrogen-bond acceptors (Lipinski definition) is 7. The zero-order chi connectivity index (χ0) is 22.9. The summed E-state index contributed by atoms with van der Waals surface area (Å²) >= 11 is 0. The van der Waals surface area contributed by atoms with E-state index in [9.17, 15) is 14.4 Å². The fraction of sp³-hybridized carbons (Fsp3) is 0.353. The fourth-order valence-corrected chi connectivity index (χ4v) is 0.300. The van der Waals surface area contributed by atoms with E-state index < -0.39 is 49.8 Å². The minimum Gasteiger partial charge on any atom is -0.478 e. The highest BCUT2D eigenvalue weighted by atomic mass is 16.4. The number of carboxylic acid groups (broad SMARTS) is 3. The van der Waals surface area contributed by atoms with Crippen LogP contribution >= 0.6 is 0 Å². The van der Waals surface area contributed by atoms with E-state index in [1.807, 2.05) is 6.92 Å². The van der Waals surface area contributed by atoms with Gasteiger partial charge in [0.1, 0.15) is 0 Å². The Morgan fingerprint density at radius 3 is 0.778 bits per heavy atom. The Hall–Kier alpha value is -2.79. The monoisotopic (exact) mass is 394 g/mol. The third-order valence-corrected chi connectivity index (χ3v) is 1.87. The minimum absolute atomic E-state index is 0.406. The van der Waals surface area contributed by atoms with Crippen molar-refractivity contribution in [2.75, 3.05) is 26.4 Å². The van der Waals surface area contributed by atoms with Gasteiger partial charge in [0.05, 0.1) is 31.8 Å². The highest BCUT2D eigenvalue weighted by molar-refractivity contribution is 5.79. The second kappa shape index (κ2) is 28.0. The normalized spacial score (nSPS) is 8.04. The molecular weight excluding hydrogens is 364 g/mol. The quantitative estimate of drug-likeness (QED) is 0.226. The van der Waals surface area contributed by atoms with E-state index in [4.69, 9.17) is 35.7 Å². The molecule has 0 radical (unpaired) electrons. The van der Waals surface area contributed by atoms with Crippen LogP contribution in [0.4, 0.5) is 0 Å². The van der Waals surface area contributed by atoms with Gasteiger partial charge in [-0.05, 0) is 6.92 Å². The topological polar surface area (TPSA) is 193 Å². The highest BCUT2D eigenvalue weighted by Crippen LogP contribution is 2.11. The molecule has 0 saturated heterocycles. The van der Waals surface area contributed by atoms with Gasteiger partial charge in [0, 0.05) is 18.2 Å². The van der Waals surface area contributed by atoms with E-state index in [1.165, 1.54) is 0 Å². The fourth-order valence-electron chi connectivity index (χ4n) is 0.300. The summed E-state index contributed by atoms with van der Waals surface area (Å²) in [5.74, 6) is -2.94. The van der Waals surface area contributed by atoms with Crippen LogP contribution in [0.5, 0.6) is 0 Å². The Morgan fingerprint density at radius 2 is 0.778 bits per heavy atom. The van der Waals surface area contributed by atoms with Crippen LogP contribution in [0.2, 0.25) is 0 Å². The number of allylic oxidation sites excluding steroid dienone is 1. The molecule has 0 rings (SSSR count). The first kappa shape index (κ1) is 35.3. The van der Waals surface area contributed by atoms with Gasteiger partial charge in [-0.2, -0.15) is 0 Å². The number of aliphatic hydroxyl groups excluding tert-OH is 4. The van der Waals surface area contributed by atoms with Crippen molar-refractivity contribution < 1.29 is 50.1 Å². The number of aliphatic hydroxyl groups is 4. The van der Waals surface area contributed by atoms with E-state index in [2.05, 4.69) is 26.3 Å². The lowest BCUT2D eigenvalue weighted by Gasteiger charge is -2.23. The minimum atomic E-state index is -1.11. The van der Waals surface area contributed by atoms with Crippen molar-refractivity contribution in [2.45, 2.75) is 6.92 Å². The van der Waals surface area contributed by atoms with Gasteiger partial charge in [-0.25, -0.2) is 14.4 Å². The number of aliphatic carboxylic acids is 3. The molecule has 7 N–H and O–H groups in total. The maximum Gasteiger partial charge on any atom is 0.327 e. The molecule has 0 aliphatic heterocycles. The predicted octanol–water partition coefficient (Wildman–Crippen LogP) is -0.0947. The van der Waals surface area contributed by atoms with Gasteiger partial charge in [-0.15, -0.1) is 6.58 Å². The van der Waals surface area contributed by atoms with E-state index in [0.717, 1.165) is 18.2 Å². The lowest BCUT2D eigenvalue weighted by atomic mass is 9.93. The van der Waals surface area contributed by atoms with Crippen molar-refractivity contribution in [3.63, 3.8) is 0 Å². The number of hydrogen-bond donors (Lipinski definition) is 7. The molecule has 0 bridgehead atoms. The molecule has 0 aliphatic carbocycles. The van der Waals surface area contributed by atoms with Crippen molar-refractivity contribution in [2.24, 2.45) is 5.41 Å². The average molecular weight is 394 g/mol. The molecule has 0 heterocycles. The zero-order valence-corrected chi connectivity index (χ0v) is 15.3. The van der Waals surface area contributed by atoms with Gasteiger partial charge >= 0.3 is 17.9 Å². The van der Waals surface area contributed by atoms with E-state index >= 15 is 0 Å². The van der Waals surface area contributed by atoms with Gasteiger partial charge in [-0.1, -0.05) is 25.8 Å². The van der Waals surface area contributed by atoms with Crippen LogP contribution < -0.4 is 0 Å². The first-order valence-electron chi connectivity index (χ1n) is 7.04. The average Bonchev–Trinajstić information content (AvgIpc) is 2.66. The molecule has 0 amide bonds. The predicted molar refractivity (Wildman–Crippen MR) is 100 cm³/mol. The molecule has 0 aromatic carbocycles. The Kier molecular flexibility index (Phi) is 36.7. The van der Waals surface area contributed by atoms with Crippen LogP contribution in [0.3, 0.4) is 0 Å². The van der Waals surface area contributed by atoms with Crippen molar-refractivity contribution in [1.82, 2.24) is 0 Å². The maximum absolute atomic E-state index is 9.25. The Labute approximate surface area is 158 Å². The van der Waals surface area contributed by atoms with Crippen molar-refractivity contribution >= 4 is 17.9 Å². The SMILES string of the molecule is C=CC.C=CC(=O)O.C=CC(=O)O.C=CC(=O)O.OCC(CO)(CO)CO. The van der Waals surface area contributed by atoms with Crippen LogP contribution in [-0.4, -0.2) is 80.1 Å². The summed E-state index contributed by atoms with van der Waals surface area (Å²) in [6.07, 6.45) is 4.25. The lowest BCUT2D eigenvalue weighted by Crippen LogP contribution is -2.37. The molecule has 0 fully saturated rings. The Balaban J connectivity index is -0.0000000787. The first-order valence-corrected chi connectivity index (χ1v) is 7.04. The van der Waals surface area contributed by atoms with Crippen molar-refractivity contribution in [3.05, 3.63) is 50.6 Å². The molecule has 0 unspecified atom stereocenters. The summed E-state index contributed by atoms with van der Waals surface area (Å²) in [5.41, 5.74) is -1.11. The van der Waals surface area contributed by atoms with Gasteiger partial charge < -0.3 is 35.7 Å². The summed E-state index contributed by atoms with van der Waals surface area (Å²) in [6, 6.07) is 0. The van der Waals surface area contributed by atoms with Crippen molar-refractivity contribution in [1.29, 1.82) is 0 Å². The van der Waals surface area contributed by atoms with Crippen LogP contribution in [0, 0.1) is 5.41 Å². The summed E-state index contributed by atoms with van der Waals surface area (Å²) in [4.78, 5) is 27.8. The van der Waals surface area contributed by atoms with Gasteiger partial charge in [0.2, 0.25) is 0 Å². The van der Waals surface area contributed by atoms with Crippen LogP contribution in [0.1, 0.15) is 6.92 Å². The molecule has 0 spiro atoms. The van der Waals surface area contributed by atoms with Crippen LogP contribution in [-0.2, 0) is 14.4 Å². The second-order valence-corrected chi connectivity index (χ2v) is 4.17. The lowest BCUT2D eigenvalue weighted by molar-refractivity contribution is -0.132. The van der Waals surface area contributed by atoms with E-state index in [-0.39, 0.29) is 0 Å². The number of carbonyl (C=O) groups is 3. The molecule has 10 heteroatoms. The third-order valence-electron chi connectivity index (χ3n) is 1.87. The van der Waals surface area contributed by atoms with Gasteiger partial charge in [0.15, 0.2) is 0 Å².